The maximum Gasteiger partial charge on any atom is 0.417 e. The van der Waals surface area contributed by atoms with E-state index in [-0.39, 0.29) is 11.1 Å². The lowest BCUT2D eigenvalue weighted by molar-refractivity contribution is 0.102. The summed E-state index contributed by atoms with van der Waals surface area (Å²) in [6, 6.07) is 7.87. The first-order chi connectivity index (χ1) is 9.61. The van der Waals surface area contributed by atoms with Gasteiger partial charge in [0.1, 0.15) is 5.15 Å². The maximum atomic E-state index is 12.0. The maximum absolute atomic E-state index is 12.0. The molecule has 0 radical (unpaired) electrons. The molecule has 6 nitrogen and oxygen atoms in total. The molecular weight excluding hydrogens is 282 g/mol. The molecule has 2 heterocycles. The molecule has 0 bridgehead atoms. The summed E-state index contributed by atoms with van der Waals surface area (Å²) in [5.74, 6) is -0.858. The van der Waals surface area contributed by atoms with Crippen LogP contribution in [0.1, 0.15) is 10.4 Å². The number of aromatic nitrogens is 2. The number of hydrogen-bond donors (Lipinski definition) is 2. The smallest absolute Gasteiger partial charge is 0.408 e. The van der Waals surface area contributed by atoms with Crippen LogP contribution in [0.4, 0.5) is 5.69 Å². The van der Waals surface area contributed by atoms with E-state index in [0.717, 1.165) is 0 Å². The van der Waals surface area contributed by atoms with Crippen LogP contribution in [0.3, 0.4) is 0 Å². The highest BCUT2D eigenvalue weighted by Gasteiger charge is 2.08. The monoisotopic (exact) mass is 289 g/mol. The third-order valence-electron chi connectivity index (χ3n) is 2.67. The zero-order valence-corrected chi connectivity index (χ0v) is 10.8. The fourth-order valence-corrected chi connectivity index (χ4v) is 1.95. The van der Waals surface area contributed by atoms with E-state index in [1.165, 1.54) is 12.3 Å². The number of oxazole rings is 1. The SMILES string of the molecule is O=C(Nc1ccc2oc(=O)[nH]c2c1)c1ccnc(Cl)c1. The molecule has 0 atom stereocenters. The molecule has 0 aliphatic heterocycles. The number of rotatable bonds is 2. The van der Waals surface area contributed by atoms with Crippen LogP contribution >= 0.6 is 11.6 Å². The normalized spacial score (nSPS) is 10.7. The van der Waals surface area contributed by atoms with Crippen molar-refractivity contribution < 1.29 is 9.21 Å². The highest BCUT2D eigenvalue weighted by molar-refractivity contribution is 6.29. The molecule has 0 fully saturated rings. The summed E-state index contributed by atoms with van der Waals surface area (Å²) >= 11 is 5.73. The molecule has 100 valence electrons. The topological polar surface area (TPSA) is 88.0 Å². The largest absolute Gasteiger partial charge is 0.417 e. The lowest BCUT2D eigenvalue weighted by Gasteiger charge is -2.05. The first-order valence-corrected chi connectivity index (χ1v) is 6.05. The standard InChI is InChI=1S/C13H8ClN3O3/c14-11-5-7(3-4-15-11)12(18)16-8-1-2-10-9(6-8)17-13(19)20-10/h1-6H,(H,16,18)(H,17,19). The van der Waals surface area contributed by atoms with Crippen molar-refractivity contribution in [3.05, 3.63) is 57.8 Å². The van der Waals surface area contributed by atoms with Crippen LogP contribution in [0.15, 0.2) is 45.7 Å². The lowest BCUT2D eigenvalue weighted by atomic mass is 10.2. The fraction of sp³-hybridized carbons (Fsp3) is 0. The highest BCUT2D eigenvalue weighted by atomic mass is 35.5. The second-order valence-corrected chi connectivity index (χ2v) is 4.43. The van der Waals surface area contributed by atoms with Gasteiger partial charge >= 0.3 is 5.76 Å². The summed E-state index contributed by atoms with van der Waals surface area (Å²) in [4.78, 5) is 29.4. The minimum Gasteiger partial charge on any atom is -0.408 e. The van der Waals surface area contributed by atoms with Gasteiger partial charge in [-0.25, -0.2) is 9.78 Å². The molecule has 1 amide bonds. The molecule has 20 heavy (non-hydrogen) atoms. The van der Waals surface area contributed by atoms with Gasteiger partial charge < -0.3 is 9.73 Å². The van der Waals surface area contributed by atoms with Crippen molar-refractivity contribution in [1.82, 2.24) is 9.97 Å². The Morgan fingerprint density at radius 2 is 2.15 bits per heavy atom. The molecule has 0 saturated heterocycles. The van der Waals surface area contributed by atoms with Crippen molar-refractivity contribution in [1.29, 1.82) is 0 Å². The van der Waals surface area contributed by atoms with Gasteiger partial charge in [0.15, 0.2) is 5.58 Å². The highest BCUT2D eigenvalue weighted by Crippen LogP contribution is 2.17. The zero-order chi connectivity index (χ0) is 14.1. The number of H-pyrrole nitrogens is 1. The van der Waals surface area contributed by atoms with E-state index in [2.05, 4.69) is 15.3 Å². The van der Waals surface area contributed by atoms with Crippen molar-refractivity contribution >= 4 is 34.3 Å². The van der Waals surface area contributed by atoms with Crippen LogP contribution in [0, 0.1) is 0 Å². The minimum absolute atomic E-state index is 0.243. The molecule has 0 unspecified atom stereocenters. The Morgan fingerprint density at radius 1 is 1.30 bits per heavy atom. The van der Waals surface area contributed by atoms with Gasteiger partial charge in [-0.3, -0.25) is 9.78 Å². The van der Waals surface area contributed by atoms with Gasteiger partial charge in [-0.2, -0.15) is 0 Å². The molecule has 2 N–H and O–H groups in total. The number of hydrogen-bond acceptors (Lipinski definition) is 4. The van der Waals surface area contributed by atoms with Crippen molar-refractivity contribution in [2.75, 3.05) is 5.32 Å². The average molecular weight is 290 g/mol. The van der Waals surface area contributed by atoms with E-state index < -0.39 is 5.76 Å². The van der Waals surface area contributed by atoms with Gasteiger partial charge in [0.25, 0.3) is 5.91 Å². The van der Waals surface area contributed by atoms with Gasteiger partial charge in [0.2, 0.25) is 0 Å². The van der Waals surface area contributed by atoms with E-state index in [9.17, 15) is 9.59 Å². The van der Waals surface area contributed by atoms with Gasteiger partial charge in [-0.15, -0.1) is 0 Å². The lowest BCUT2D eigenvalue weighted by Crippen LogP contribution is -2.11. The van der Waals surface area contributed by atoms with Crippen LogP contribution in [0.25, 0.3) is 11.1 Å². The molecule has 7 heteroatoms. The van der Waals surface area contributed by atoms with E-state index >= 15 is 0 Å². The van der Waals surface area contributed by atoms with Crippen LogP contribution in [0.5, 0.6) is 0 Å². The molecule has 0 saturated carbocycles. The predicted molar refractivity (Wildman–Crippen MR) is 74.0 cm³/mol. The van der Waals surface area contributed by atoms with Crippen LogP contribution in [0.2, 0.25) is 5.15 Å². The molecular formula is C13H8ClN3O3. The number of nitrogens with zero attached hydrogens (tertiary/aromatic N) is 1. The zero-order valence-electron chi connectivity index (χ0n) is 10.0. The summed E-state index contributed by atoms with van der Waals surface area (Å²) in [6.07, 6.45) is 1.45. The number of aromatic amines is 1. The third kappa shape index (κ3) is 2.41. The number of benzene rings is 1. The van der Waals surface area contributed by atoms with Gasteiger partial charge in [0, 0.05) is 17.4 Å². The van der Waals surface area contributed by atoms with E-state index in [1.807, 2.05) is 0 Å². The number of amides is 1. The Kier molecular flexibility index (Phi) is 3.00. The fourth-order valence-electron chi connectivity index (χ4n) is 1.78. The van der Waals surface area contributed by atoms with Crippen molar-refractivity contribution in [3.8, 4) is 0 Å². The number of carbonyl (C=O) groups excluding carboxylic acids is 1. The summed E-state index contributed by atoms with van der Waals surface area (Å²) in [7, 11) is 0. The second kappa shape index (κ2) is 4.82. The molecule has 0 aliphatic rings. The number of halogens is 1. The number of fused-ring (bicyclic) bond motifs is 1. The Labute approximate surface area is 117 Å². The summed E-state index contributed by atoms with van der Waals surface area (Å²) in [6.45, 7) is 0. The molecule has 0 aliphatic carbocycles. The Balaban J connectivity index is 1.88. The van der Waals surface area contributed by atoms with E-state index in [1.54, 1.807) is 24.3 Å². The summed E-state index contributed by atoms with van der Waals surface area (Å²) in [5, 5.41) is 2.94. The Hall–Kier alpha value is -2.60. The average Bonchev–Trinajstić information content (AvgIpc) is 2.78. The van der Waals surface area contributed by atoms with Crippen LogP contribution < -0.4 is 11.1 Å². The van der Waals surface area contributed by atoms with E-state index in [4.69, 9.17) is 16.0 Å². The van der Waals surface area contributed by atoms with Crippen molar-refractivity contribution in [2.24, 2.45) is 0 Å². The van der Waals surface area contributed by atoms with Gasteiger partial charge in [-0.1, -0.05) is 11.6 Å². The molecule has 2 aromatic heterocycles. The van der Waals surface area contributed by atoms with Crippen LogP contribution in [-0.4, -0.2) is 15.9 Å². The third-order valence-corrected chi connectivity index (χ3v) is 2.87. The number of carbonyl (C=O) groups is 1. The Morgan fingerprint density at radius 3 is 2.95 bits per heavy atom. The predicted octanol–water partition coefficient (Wildman–Crippen LogP) is 2.42. The number of nitrogens with one attached hydrogen (secondary N) is 2. The number of pyridine rings is 1. The quantitative estimate of drug-likeness (QED) is 0.709. The summed E-state index contributed by atoms with van der Waals surface area (Å²) < 4.78 is 4.88. The summed E-state index contributed by atoms with van der Waals surface area (Å²) in [5.41, 5.74) is 1.87. The first-order valence-electron chi connectivity index (χ1n) is 5.67. The van der Waals surface area contributed by atoms with Gasteiger partial charge in [-0.05, 0) is 30.3 Å². The van der Waals surface area contributed by atoms with Crippen molar-refractivity contribution in [2.45, 2.75) is 0 Å². The van der Waals surface area contributed by atoms with Gasteiger partial charge in [0.05, 0.1) is 5.52 Å². The molecule has 3 rings (SSSR count). The number of anilines is 1. The molecule has 3 aromatic rings. The molecule has 0 spiro atoms. The molecule has 1 aromatic carbocycles. The second-order valence-electron chi connectivity index (χ2n) is 4.05. The van der Waals surface area contributed by atoms with E-state index in [0.29, 0.717) is 22.4 Å². The first kappa shape index (κ1) is 12.4. The van der Waals surface area contributed by atoms with Crippen LogP contribution in [-0.2, 0) is 0 Å². The van der Waals surface area contributed by atoms with Crippen molar-refractivity contribution in [3.63, 3.8) is 0 Å². The minimum atomic E-state index is -0.538. The Bertz CT molecular complexity index is 853.